The molecule has 1 saturated carbocycles. The summed E-state index contributed by atoms with van der Waals surface area (Å²) in [6.45, 7) is 1.57. The molecule has 1 heterocycles. The van der Waals surface area contributed by atoms with E-state index in [4.69, 9.17) is 9.84 Å². The molecule has 3 N–H and O–H groups in total. The SMILES string of the molecule is O=C(O)[C@@H]1CC(O)CN1C(=O)NCCOCC1CC1. The van der Waals surface area contributed by atoms with Gasteiger partial charge in [-0.25, -0.2) is 9.59 Å². The highest BCUT2D eigenvalue weighted by Crippen LogP contribution is 2.28. The first-order chi connectivity index (χ1) is 9.08. The molecule has 1 unspecified atom stereocenters. The summed E-state index contributed by atoms with van der Waals surface area (Å²) < 4.78 is 5.37. The number of carboxylic acids is 1. The average molecular weight is 272 g/mol. The van der Waals surface area contributed by atoms with Gasteiger partial charge in [-0.1, -0.05) is 0 Å². The van der Waals surface area contributed by atoms with E-state index in [0.717, 1.165) is 11.5 Å². The highest BCUT2D eigenvalue weighted by molar-refractivity contribution is 5.83. The molecule has 0 aromatic carbocycles. The monoisotopic (exact) mass is 272 g/mol. The van der Waals surface area contributed by atoms with Gasteiger partial charge in [0.25, 0.3) is 0 Å². The van der Waals surface area contributed by atoms with E-state index < -0.39 is 24.1 Å². The van der Waals surface area contributed by atoms with Gasteiger partial charge in [0.2, 0.25) is 0 Å². The zero-order chi connectivity index (χ0) is 13.8. The second-order valence-electron chi connectivity index (χ2n) is 5.15. The van der Waals surface area contributed by atoms with Crippen molar-refractivity contribution in [2.45, 2.75) is 31.4 Å². The van der Waals surface area contributed by atoms with E-state index in [9.17, 15) is 14.7 Å². The number of carboxylic acid groups (broad SMARTS) is 1. The van der Waals surface area contributed by atoms with Gasteiger partial charge in [-0.15, -0.1) is 0 Å². The lowest BCUT2D eigenvalue weighted by atomic mass is 10.2. The number of hydrogen-bond acceptors (Lipinski definition) is 4. The van der Waals surface area contributed by atoms with Gasteiger partial charge in [-0.05, 0) is 18.8 Å². The van der Waals surface area contributed by atoms with Gasteiger partial charge in [0.15, 0.2) is 0 Å². The first kappa shape index (κ1) is 14.1. The number of hydrogen-bond donors (Lipinski definition) is 3. The molecule has 2 rings (SSSR count). The number of amides is 2. The van der Waals surface area contributed by atoms with Crippen molar-refractivity contribution in [3.63, 3.8) is 0 Å². The van der Waals surface area contributed by atoms with E-state index in [1.165, 1.54) is 12.8 Å². The van der Waals surface area contributed by atoms with Gasteiger partial charge in [0.05, 0.1) is 12.7 Å². The summed E-state index contributed by atoms with van der Waals surface area (Å²) in [7, 11) is 0. The van der Waals surface area contributed by atoms with Gasteiger partial charge in [-0.2, -0.15) is 0 Å². The van der Waals surface area contributed by atoms with Crippen molar-refractivity contribution in [2.75, 3.05) is 26.3 Å². The normalized spacial score (nSPS) is 26.5. The minimum Gasteiger partial charge on any atom is -0.480 e. The number of aliphatic carboxylic acids is 1. The second-order valence-corrected chi connectivity index (χ2v) is 5.15. The minimum absolute atomic E-state index is 0.0612. The van der Waals surface area contributed by atoms with Crippen molar-refractivity contribution < 1.29 is 24.5 Å². The van der Waals surface area contributed by atoms with E-state index in [-0.39, 0.29) is 13.0 Å². The number of nitrogens with one attached hydrogen (secondary N) is 1. The largest absolute Gasteiger partial charge is 0.480 e. The molecule has 108 valence electrons. The summed E-state index contributed by atoms with van der Waals surface area (Å²) in [5, 5.41) is 21.0. The Morgan fingerprint density at radius 1 is 1.37 bits per heavy atom. The van der Waals surface area contributed by atoms with Gasteiger partial charge in [0.1, 0.15) is 6.04 Å². The van der Waals surface area contributed by atoms with Crippen molar-refractivity contribution in [2.24, 2.45) is 5.92 Å². The third-order valence-corrected chi connectivity index (χ3v) is 3.40. The predicted molar refractivity (Wildman–Crippen MR) is 65.7 cm³/mol. The Hall–Kier alpha value is -1.34. The molecule has 2 amide bonds. The van der Waals surface area contributed by atoms with E-state index >= 15 is 0 Å². The summed E-state index contributed by atoms with van der Waals surface area (Å²) in [6, 6.07) is -1.40. The standard InChI is InChI=1S/C12H20N2O5/c15-9-5-10(11(16)17)14(6-9)12(18)13-3-4-19-7-8-1-2-8/h8-10,15H,1-7H2,(H,13,18)(H,16,17)/t9?,10-/m0/s1. The molecule has 19 heavy (non-hydrogen) atoms. The van der Waals surface area contributed by atoms with Gasteiger partial charge in [0, 0.05) is 26.1 Å². The lowest BCUT2D eigenvalue weighted by Gasteiger charge is -2.21. The topological polar surface area (TPSA) is 99.1 Å². The molecule has 0 radical (unpaired) electrons. The summed E-state index contributed by atoms with van der Waals surface area (Å²) in [6.07, 6.45) is 1.76. The fraction of sp³-hybridized carbons (Fsp3) is 0.833. The van der Waals surface area contributed by atoms with E-state index in [1.807, 2.05) is 0 Å². The number of likely N-dealkylation sites (tertiary alicyclic amines) is 1. The van der Waals surface area contributed by atoms with Crippen LogP contribution in [0.2, 0.25) is 0 Å². The van der Waals surface area contributed by atoms with Crippen LogP contribution in [-0.2, 0) is 9.53 Å². The smallest absolute Gasteiger partial charge is 0.326 e. The quantitative estimate of drug-likeness (QED) is 0.574. The molecule has 2 aliphatic rings. The first-order valence-electron chi connectivity index (χ1n) is 6.61. The Bertz CT molecular complexity index is 345. The number of urea groups is 1. The van der Waals surface area contributed by atoms with Crippen molar-refractivity contribution >= 4 is 12.0 Å². The Morgan fingerprint density at radius 2 is 2.11 bits per heavy atom. The molecule has 2 atom stereocenters. The third-order valence-electron chi connectivity index (χ3n) is 3.40. The molecule has 0 spiro atoms. The fourth-order valence-electron chi connectivity index (χ4n) is 2.14. The summed E-state index contributed by atoms with van der Waals surface area (Å²) in [4.78, 5) is 23.9. The van der Waals surface area contributed by atoms with Gasteiger partial charge in [-0.3, -0.25) is 0 Å². The molecular formula is C12H20N2O5. The molecule has 0 aromatic rings. The third kappa shape index (κ3) is 4.07. The Morgan fingerprint density at radius 3 is 2.74 bits per heavy atom. The molecule has 1 aliphatic carbocycles. The van der Waals surface area contributed by atoms with Crippen LogP contribution in [0.15, 0.2) is 0 Å². The van der Waals surface area contributed by atoms with Crippen LogP contribution in [0, 0.1) is 5.92 Å². The second kappa shape index (κ2) is 6.21. The zero-order valence-electron chi connectivity index (χ0n) is 10.7. The van der Waals surface area contributed by atoms with Crippen molar-refractivity contribution in [3.8, 4) is 0 Å². The number of carbonyl (C=O) groups is 2. The molecule has 0 bridgehead atoms. The van der Waals surface area contributed by atoms with Crippen molar-refractivity contribution in [1.29, 1.82) is 0 Å². The van der Waals surface area contributed by atoms with Crippen LogP contribution >= 0.6 is 0 Å². The molecule has 2 fully saturated rings. The first-order valence-corrected chi connectivity index (χ1v) is 6.61. The van der Waals surface area contributed by atoms with Crippen molar-refractivity contribution in [1.82, 2.24) is 10.2 Å². The van der Waals surface area contributed by atoms with E-state index in [0.29, 0.717) is 19.1 Å². The maximum absolute atomic E-state index is 11.8. The highest BCUT2D eigenvalue weighted by atomic mass is 16.5. The minimum atomic E-state index is -1.09. The van der Waals surface area contributed by atoms with Crippen LogP contribution in [0.5, 0.6) is 0 Å². The van der Waals surface area contributed by atoms with Gasteiger partial charge < -0.3 is 25.2 Å². The molecule has 1 aliphatic heterocycles. The molecule has 0 aromatic heterocycles. The van der Waals surface area contributed by atoms with Crippen LogP contribution in [0.25, 0.3) is 0 Å². The van der Waals surface area contributed by atoms with Gasteiger partial charge >= 0.3 is 12.0 Å². The Labute approximate surface area is 111 Å². The molecule has 1 saturated heterocycles. The van der Waals surface area contributed by atoms with Crippen LogP contribution in [0.4, 0.5) is 4.79 Å². The maximum atomic E-state index is 11.8. The highest BCUT2D eigenvalue weighted by Gasteiger charge is 2.38. The lowest BCUT2D eigenvalue weighted by Crippen LogP contribution is -2.46. The maximum Gasteiger partial charge on any atom is 0.326 e. The zero-order valence-corrected chi connectivity index (χ0v) is 10.7. The van der Waals surface area contributed by atoms with Crippen LogP contribution in [-0.4, -0.2) is 65.6 Å². The number of carbonyl (C=O) groups excluding carboxylic acids is 1. The number of nitrogens with zero attached hydrogens (tertiary/aromatic N) is 1. The van der Waals surface area contributed by atoms with Crippen LogP contribution in [0.1, 0.15) is 19.3 Å². The summed E-state index contributed by atoms with van der Waals surface area (Å²) in [5.41, 5.74) is 0. The lowest BCUT2D eigenvalue weighted by molar-refractivity contribution is -0.141. The van der Waals surface area contributed by atoms with E-state index in [1.54, 1.807) is 0 Å². The number of aliphatic hydroxyl groups is 1. The van der Waals surface area contributed by atoms with Crippen LogP contribution in [0.3, 0.4) is 0 Å². The number of aliphatic hydroxyl groups excluding tert-OH is 1. The molecule has 7 nitrogen and oxygen atoms in total. The summed E-state index contributed by atoms with van der Waals surface area (Å²) in [5.74, 6) is -0.405. The number of β-amino-alcohol motifs (C(OH)–C–C–N with tert-alkyl or cyclic N) is 1. The number of rotatable bonds is 6. The van der Waals surface area contributed by atoms with Crippen LogP contribution < -0.4 is 5.32 Å². The molecular weight excluding hydrogens is 252 g/mol. The predicted octanol–water partition coefficient (Wildman–Crippen LogP) is -0.358. The van der Waals surface area contributed by atoms with Crippen molar-refractivity contribution in [3.05, 3.63) is 0 Å². The summed E-state index contributed by atoms with van der Waals surface area (Å²) >= 11 is 0. The number of ether oxygens (including phenoxy) is 1. The van der Waals surface area contributed by atoms with E-state index in [2.05, 4.69) is 5.32 Å². The Balaban J connectivity index is 1.67. The average Bonchev–Trinajstić information content (AvgIpc) is 3.09. The molecule has 7 heteroatoms. The Kier molecular flexibility index (Phi) is 4.60. The fourth-order valence-corrected chi connectivity index (χ4v) is 2.14.